The predicted octanol–water partition coefficient (Wildman–Crippen LogP) is 10.9. The first kappa shape index (κ1) is 33.0. The van der Waals surface area contributed by atoms with Crippen LogP contribution >= 0.6 is 0 Å². The smallest absolute Gasteiger partial charge is 0.272 e. The first-order chi connectivity index (χ1) is 18.7. The minimum absolute atomic E-state index is 0.0537. The molecule has 2 aliphatic rings. The Morgan fingerprint density at radius 3 is 1.90 bits per heavy atom. The Hall–Kier alpha value is -1.46. The van der Waals surface area contributed by atoms with Crippen molar-refractivity contribution in [3.05, 3.63) is 52.6 Å². The molecule has 5 heteroatoms. The highest BCUT2D eigenvalue weighted by atomic mass is 28.4. The van der Waals surface area contributed by atoms with E-state index in [9.17, 15) is 10.1 Å². The molecule has 0 radical (unpaired) electrons. The standard InChI is InChI=1S/C35H59NO3Si/c1-11-14-28(31-15-12-13-16-32(31)36(37)38)23-39-40(35(8,9)10,33-21-26(6)17-19-29(33)24(2)3)34-22-27(7)18-20-30(34)25(4)5/h11-13,15-16,24-30,33-34H,1,14,17-23H2,2-10H3. The fourth-order valence-corrected chi connectivity index (χ4v) is 16.9. The molecule has 226 valence electrons. The largest absolute Gasteiger partial charge is 0.415 e. The van der Waals surface area contributed by atoms with Crippen LogP contribution in [0.25, 0.3) is 0 Å². The zero-order valence-corrected chi connectivity index (χ0v) is 28.1. The van der Waals surface area contributed by atoms with E-state index in [0.717, 1.165) is 17.4 Å². The van der Waals surface area contributed by atoms with Crippen LogP contribution in [-0.2, 0) is 4.43 Å². The number of hydrogen-bond donors (Lipinski definition) is 0. The Morgan fingerprint density at radius 1 is 0.975 bits per heavy atom. The molecule has 0 saturated heterocycles. The van der Waals surface area contributed by atoms with E-state index in [2.05, 4.69) is 68.9 Å². The lowest BCUT2D eigenvalue weighted by atomic mass is 9.76. The average molecular weight is 570 g/mol. The summed E-state index contributed by atoms with van der Waals surface area (Å²) in [4.78, 5) is 11.8. The van der Waals surface area contributed by atoms with Crippen molar-refractivity contribution in [2.45, 2.75) is 129 Å². The van der Waals surface area contributed by atoms with Crippen LogP contribution < -0.4 is 0 Å². The highest BCUT2D eigenvalue weighted by molar-refractivity contribution is 6.79. The van der Waals surface area contributed by atoms with Crippen molar-refractivity contribution in [1.82, 2.24) is 0 Å². The highest BCUT2D eigenvalue weighted by Crippen LogP contribution is 2.64. The van der Waals surface area contributed by atoms with Gasteiger partial charge < -0.3 is 4.43 Å². The van der Waals surface area contributed by atoms with Crippen molar-refractivity contribution in [2.75, 3.05) is 6.61 Å². The van der Waals surface area contributed by atoms with Crippen molar-refractivity contribution in [1.29, 1.82) is 0 Å². The van der Waals surface area contributed by atoms with Gasteiger partial charge in [0, 0.05) is 24.2 Å². The van der Waals surface area contributed by atoms with E-state index in [1.165, 1.54) is 38.5 Å². The third-order valence-corrected chi connectivity index (χ3v) is 17.4. The molecule has 7 atom stereocenters. The van der Waals surface area contributed by atoms with E-state index in [1.807, 2.05) is 18.2 Å². The molecule has 4 nitrogen and oxygen atoms in total. The Morgan fingerprint density at radius 2 is 1.48 bits per heavy atom. The third kappa shape index (κ3) is 6.94. The summed E-state index contributed by atoms with van der Waals surface area (Å²) in [7, 11) is -2.50. The summed E-state index contributed by atoms with van der Waals surface area (Å²) in [5.74, 6) is 3.99. The average Bonchev–Trinajstić information content (AvgIpc) is 2.87. The molecule has 2 saturated carbocycles. The molecular weight excluding hydrogens is 510 g/mol. The Labute approximate surface area is 247 Å². The van der Waals surface area contributed by atoms with Gasteiger partial charge in [0.2, 0.25) is 8.32 Å². The molecule has 2 fully saturated rings. The van der Waals surface area contributed by atoms with Gasteiger partial charge in [0.25, 0.3) is 5.69 Å². The van der Waals surface area contributed by atoms with Crippen LogP contribution in [-0.4, -0.2) is 19.8 Å². The first-order valence-electron chi connectivity index (χ1n) is 16.2. The highest BCUT2D eigenvalue weighted by Gasteiger charge is 2.62. The molecular formula is C35H59NO3Si. The summed E-state index contributed by atoms with van der Waals surface area (Å²) in [5.41, 5.74) is 2.20. The second-order valence-corrected chi connectivity index (χ2v) is 20.1. The van der Waals surface area contributed by atoms with Gasteiger partial charge in [-0.05, 0) is 83.7 Å². The maximum atomic E-state index is 12.0. The van der Waals surface area contributed by atoms with Crippen LogP contribution in [0.4, 0.5) is 5.69 Å². The molecule has 1 aromatic carbocycles. The SMILES string of the molecule is C=CCC(CO[Si](C1CC(C)CCC1C(C)C)(C1CC(C)CCC1C(C)C)C(C)(C)C)c1ccccc1[N+](=O)[O-]. The normalized spacial score (nSPS) is 30.2. The molecule has 40 heavy (non-hydrogen) atoms. The van der Waals surface area contributed by atoms with Crippen LogP contribution in [0.15, 0.2) is 36.9 Å². The third-order valence-electron chi connectivity index (χ3n) is 10.9. The number of rotatable bonds is 11. The lowest BCUT2D eigenvalue weighted by Crippen LogP contribution is -2.61. The van der Waals surface area contributed by atoms with Gasteiger partial charge in [-0.2, -0.15) is 0 Å². The zero-order valence-electron chi connectivity index (χ0n) is 27.1. The fraction of sp³-hybridized carbons (Fsp3) is 0.771. The summed E-state index contributed by atoms with van der Waals surface area (Å²) in [5, 5.41) is 12.1. The summed E-state index contributed by atoms with van der Waals surface area (Å²) < 4.78 is 7.80. The molecule has 3 rings (SSSR count). The topological polar surface area (TPSA) is 52.4 Å². The van der Waals surface area contributed by atoms with Gasteiger partial charge >= 0.3 is 0 Å². The van der Waals surface area contributed by atoms with Gasteiger partial charge in [0.1, 0.15) is 0 Å². The van der Waals surface area contributed by atoms with Gasteiger partial charge in [-0.15, -0.1) is 6.58 Å². The minimum Gasteiger partial charge on any atom is -0.415 e. The zero-order chi connectivity index (χ0) is 29.8. The van der Waals surface area contributed by atoms with Crippen LogP contribution in [0, 0.1) is 45.6 Å². The van der Waals surface area contributed by atoms with E-state index in [1.54, 1.807) is 12.1 Å². The van der Waals surface area contributed by atoms with Crippen molar-refractivity contribution in [3.8, 4) is 0 Å². The van der Waals surface area contributed by atoms with E-state index in [-0.39, 0.29) is 21.6 Å². The second-order valence-electron chi connectivity index (χ2n) is 15.3. The van der Waals surface area contributed by atoms with Crippen molar-refractivity contribution in [2.24, 2.45) is 35.5 Å². The van der Waals surface area contributed by atoms with E-state index < -0.39 is 8.32 Å². The van der Waals surface area contributed by atoms with Gasteiger partial charge in [-0.25, -0.2) is 0 Å². The lowest BCUT2D eigenvalue weighted by Gasteiger charge is -2.60. The summed E-state index contributed by atoms with van der Waals surface area (Å²) in [6, 6.07) is 7.29. The van der Waals surface area contributed by atoms with Crippen molar-refractivity contribution in [3.63, 3.8) is 0 Å². The fourth-order valence-electron chi connectivity index (χ4n) is 8.93. The van der Waals surface area contributed by atoms with Crippen LogP contribution in [0.5, 0.6) is 0 Å². The van der Waals surface area contributed by atoms with Gasteiger partial charge in [0.05, 0.1) is 4.92 Å². The Bertz CT molecular complexity index is 951. The molecule has 0 N–H and O–H groups in total. The van der Waals surface area contributed by atoms with Crippen LogP contribution in [0.3, 0.4) is 0 Å². The number of allylic oxidation sites excluding steroid dienone is 1. The minimum atomic E-state index is -2.50. The van der Waals surface area contributed by atoms with Gasteiger partial charge in [0.15, 0.2) is 0 Å². The summed E-state index contributed by atoms with van der Waals surface area (Å²) in [6.07, 6.45) is 10.4. The molecule has 0 aromatic heterocycles. The van der Waals surface area contributed by atoms with Crippen LogP contribution in [0.2, 0.25) is 16.1 Å². The molecule has 0 aliphatic heterocycles. The molecule has 2 aliphatic carbocycles. The molecule has 0 heterocycles. The van der Waals surface area contributed by atoms with E-state index >= 15 is 0 Å². The molecule has 0 spiro atoms. The Balaban J connectivity index is 2.21. The molecule has 1 aromatic rings. The summed E-state index contributed by atoms with van der Waals surface area (Å²) in [6.45, 7) is 26.7. The van der Waals surface area contributed by atoms with Crippen LogP contribution in [0.1, 0.15) is 119 Å². The second kappa shape index (κ2) is 13.7. The van der Waals surface area contributed by atoms with Crippen molar-refractivity contribution >= 4 is 14.0 Å². The predicted molar refractivity (Wildman–Crippen MR) is 172 cm³/mol. The quantitative estimate of drug-likeness (QED) is 0.115. The number of para-hydroxylation sites is 1. The monoisotopic (exact) mass is 569 g/mol. The maximum Gasteiger partial charge on any atom is 0.272 e. The maximum absolute atomic E-state index is 12.0. The molecule has 0 bridgehead atoms. The molecule has 0 amide bonds. The van der Waals surface area contributed by atoms with E-state index in [0.29, 0.717) is 47.8 Å². The number of nitrogens with zero attached hydrogens (tertiary/aromatic N) is 1. The first-order valence-corrected chi connectivity index (χ1v) is 18.3. The van der Waals surface area contributed by atoms with Gasteiger partial charge in [-0.1, -0.05) is 99.4 Å². The number of nitro groups is 1. The van der Waals surface area contributed by atoms with E-state index in [4.69, 9.17) is 4.43 Å². The molecule has 7 unspecified atom stereocenters. The van der Waals surface area contributed by atoms with Gasteiger partial charge in [-0.3, -0.25) is 10.1 Å². The summed E-state index contributed by atoms with van der Waals surface area (Å²) >= 11 is 0. The number of hydrogen-bond acceptors (Lipinski definition) is 3. The number of nitro benzene ring substituents is 1. The number of benzene rings is 1. The van der Waals surface area contributed by atoms with Crippen molar-refractivity contribution < 1.29 is 9.35 Å². The Kier molecular flexibility index (Phi) is 11.3. The lowest BCUT2D eigenvalue weighted by molar-refractivity contribution is -0.385.